The highest BCUT2D eigenvalue weighted by molar-refractivity contribution is 5.29. The molecule has 3 aliphatic carbocycles. The van der Waals surface area contributed by atoms with Gasteiger partial charge in [0.2, 0.25) is 0 Å². The van der Waals surface area contributed by atoms with Crippen LogP contribution in [0.25, 0.3) is 0 Å². The zero-order valence-corrected chi connectivity index (χ0v) is 10.4. The van der Waals surface area contributed by atoms with Crippen LogP contribution in [0.2, 0.25) is 0 Å². The van der Waals surface area contributed by atoms with Crippen molar-refractivity contribution in [3.05, 3.63) is 12.2 Å². The van der Waals surface area contributed by atoms with Gasteiger partial charge in [0, 0.05) is 0 Å². The third-order valence-electron chi connectivity index (χ3n) is 6.07. The highest BCUT2D eigenvalue weighted by Gasteiger charge is 2.61. The Kier molecular flexibility index (Phi) is 1.92. The van der Waals surface area contributed by atoms with Crippen molar-refractivity contribution in [3.8, 4) is 0 Å². The van der Waals surface area contributed by atoms with Gasteiger partial charge in [-0.2, -0.15) is 0 Å². The van der Waals surface area contributed by atoms with Crippen LogP contribution in [0, 0.1) is 35.0 Å². The van der Waals surface area contributed by atoms with Gasteiger partial charge in [0.25, 0.3) is 0 Å². The minimum absolute atomic E-state index is 0.541. The average Bonchev–Trinajstić information content (AvgIpc) is 2.65. The topological polar surface area (TPSA) is 0 Å². The maximum atomic E-state index is 4.45. The maximum Gasteiger partial charge on any atom is -0.00849 e. The quantitative estimate of drug-likeness (QED) is 0.559. The molecule has 84 valence electrons. The highest BCUT2D eigenvalue weighted by Crippen LogP contribution is 2.69. The minimum atomic E-state index is 0.541. The zero-order valence-electron chi connectivity index (χ0n) is 10.4. The molecule has 0 heterocycles. The molecule has 0 nitrogen and oxygen atoms in total. The Labute approximate surface area is 94.1 Å². The monoisotopic (exact) mass is 204 g/mol. The third-order valence-corrected chi connectivity index (χ3v) is 6.07. The summed E-state index contributed by atoms with van der Waals surface area (Å²) in [5.41, 5.74) is 2.17. The predicted octanol–water partition coefficient (Wildman–Crippen LogP) is 4.27. The fourth-order valence-electron chi connectivity index (χ4n) is 5.22. The fourth-order valence-corrected chi connectivity index (χ4v) is 5.22. The fraction of sp³-hybridized carbons (Fsp3) is 0.867. The molecule has 0 saturated heterocycles. The molecule has 4 bridgehead atoms. The van der Waals surface area contributed by atoms with Gasteiger partial charge < -0.3 is 0 Å². The number of rotatable bonds is 1. The van der Waals surface area contributed by atoms with Gasteiger partial charge >= 0.3 is 0 Å². The van der Waals surface area contributed by atoms with Gasteiger partial charge in [-0.3, -0.25) is 0 Å². The molecular formula is C15H24. The molecule has 0 aromatic heterocycles. The minimum Gasteiger partial charge on any atom is -0.0990 e. The largest absolute Gasteiger partial charge is 0.0990 e. The summed E-state index contributed by atoms with van der Waals surface area (Å²) in [6.07, 6.45) is 5.83. The number of allylic oxidation sites excluding steroid dienone is 1. The Hall–Kier alpha value is -0.260. The standard InChI is InChI=1S/C15H24/c1-9(2)11-7-8-15(4)10(3)12-5-6-13(15)14(11)12/h9,11-14H,3,5-8H2,1-2,4H3/t11-,12+,13+,14-,15+/m0/s1. The zero-order chi connectivity index (χ0) is 10.8. The van der Waals surface area contributed by atoms with E-state index in [-0.39, 0.29) is 0 Å². The summed E-state index contributed by atoms with van der Waals surface area (Å²) in [6, 6.07) is 0. The first kappa shape index (κ1) is 9.93. The van der Waals surface area contributed by atoms with Crippen molar-refractivity contribution >= 4 is 0 Å². The molecule has 0 aromatic rings. The molecule has 0 N–H and O–H groups in total. The van der Waals surface area contributed by atoms with Crippen LogP contribution in [0.4, 0.5) is 0 Å². The molecule has 0 amide bonds. The van der Waals surface area contributed by atoms with Crippen molar-refractivity contribution < 1.29 is 0 Å². The van der Waals surface area contributed by atoms with E-state index in [1.165, 1.54) is 25.7 Å². The summed E-state index contributed by atoms with van der Waals surface area (Å²) in [5.74, 6) is 4.78. The van der Waals surface area contributed by atoms with Gasteiger partial charge in [-0.05, 0) is 60.7 Å². The molecular weight excluding hydrogens is 180 g/mol. The van der Waals surface area contributed by atoms with Gasteiger partial charge in [-0.1, -0.05) is 32.9 Å². The molecule has 15 heavy (non-hydrogen) atoms. The van der Waals surface area contributed by atoms with E-state index in [1.807, 2.05) is 0 Å². The van der Waals surface area contributed by atoms with Crippen LogP contribution in [0.3, 0.4) is 0 Å². The van der Waals surface area contributed by atoms with Gasteiger partial charge in [0.05, 0.1) is 0 Å². The van der Waals surface area contributed by atoms with E-state index in [0.29, 0.717) is 5.41 Å². The van der Waals surface area contributed by atoms with Crippen LogP contribution in [0.5, 0.6) is 0 Å². The first-order chi connectivity index (χ1) is 7.05. The van der Waals surface area contributed by atoms with Crippen molar-refractivity contribution in [3.63, 3.8) is 0 Å². The molecule has 3 fully saturated rings. The van der Waals surface area contributed by atoms with E-state index in [1.54, 1.807) is 5.57 Å². The van der Waals surface area contributed by atoms with Crippen LogP contribution in [0.1, 0.15) is 46.5 Å². The Bertz CT molecular complexity index is 301. The van der Waals surface area contributed by atoms with E-state index in [2.05, 4.69) is 27.4 Å². The van der Waals surface area contributed by atoms with Crippen LogP contribution in [-0.2, 0) is 0 Å². The van der Waals surface area contributed by atoms with Crippen molar-refractivity contribution in [2.75, 3.05) is 0 Å². The summed E-state index contributed by atoms with van der Waals surface area (Å²) >= 11 is 0. The van der Waals surface area contributed by atoms with Gasteiger partial charge in [-0.25, -0.2) is 0 Å². The first-order valence-electron chi connectivity index (χ1n) is 6.75. The molecule has 0 aromatic carbocycles. The number of hydrogen-bond acceptors (Lipinski definition) is 0. The van der Waals surface area contributed by atoms with Crippen LogP contribution in [-0.4, -0.2) is 0 Å². The van der Waals surface area contributed by atoms with Crippen LogP contribution >= 0.6 is 0 Å². The van der Waals surface area contributed by atoms with Crippen LogP contribution < -0.4 is 0 Å². The average molecular weight is 204 g/mol. The van der Waals surface area contributed by atoms with E-state index in [4.69, 9.17) is 0 Å². The lowest BCUT2D eigenvalue weighted by Crippen LogP contribution is -2.35. The molecule has 0 aliphatic heterocycles. The predicted molar refractivity (Wildman–Crippen MR) is 64.5 cm³/mol. The normalized spacial score (nSPS) is 52.9. The summed E-state index contributed by atoms with van der Waals surface area (Å²) in [5, 5.41) is 0. The maximum absolute atomic E-state index is 4.45. The van der Waals surface area contributed by atoms with E-state index in [0.717, 1.165) is 29.6 Å². The Morgan fingerprint density at radius 3 is 2.67 bits per heavy atom. The smallest absolute Gasteiger partial charge is 0.00849 e. The molecule has 0 heteroatoms. The van der Waals surface area contributed by atoms with Gasteiger partial charge in [0.15, 0.2) is 0 Å². The second kappa shape index (κ2) is 2.90. The van der Waals surface area contributed by atoms with E-state index in [9.17, 15) is 0 Å². The molecule has 3 rings (SSSR count). The van der Waals surface area contributed by atoms with Gasteiger partial charge in [0.1, 0.15) is 0 Å². The SMILES string of the molecule is C=C1[C@H]2CC[C@@H]3[C@H]2[C@H](C(C)C)CC[C@]13C. The lowest BCUT2D eigenvalue weighted by atomic mass is 9.62. The Morgan fingerprint density at radius 2 is 2.00 bits per heavy atom. The Balaban J connectivity index is 2.00. The van der Waals surface area contributed by atoms with E-state index < -0.39 is 0 Å². The summed E-state index contributed by atoms with van der Waals surface area (Å²) in [4.78, 5) is 0. The lowest BCUT2D eigenvalue weighted by Gasteiger charge is -2.43. The van der Waals surface area contributed by atoms with Crippen molar-refractivity contribution in [1.29, 1.82) is 0 Å². The second-order valence-corrected chi connectivity index (χ2v) is 6.76. The summed E-state index contributed by atoms with van der Waals surface area (Å²) in [6.45, 7) is 11.8. The van der Waals surface area contributed by atoms with Crippen molar-refractivity contribution in [1.82, 2.24) is 0 Å². The number of hydrogen-bond donors (Lipinski definition) is 0. The molecule has 3 aliphatic rings. The third kappa shape index (κ3) is 1.04. The van der Waals surface area contributed by atoms with Crippen LogP contribution in [0.15, 0.2) is 12.2 Å². The van der Waals surface area contributed by atoms with Gasteiger partial charge in [-0.15, -0.1) is 0 Å². The summed E-state index contributed by atoms with van der Waals surface area (Å²) < 4.78 is 0. The Morgan fingerprint density at radius 1 is 1.27 bits per heavy atom. The highest BCUT2D eigenvalue weighted by atomic mass is 14.7. The molecule has 0 radical (unpaired) electrons. The van der Waals surface area contributed by atoms with Crippen molar-refractivity contribution in [2.24, 2.45) is 35.0 Å². The van der Waals surface area contributed by atoms with Crippen molar-refractivity contribution in [2.45, 2.75) is 46.5 Å². The molecule has 0 spiro atoms. The molecule has 5 atom stereocenters. The second-order valence-electron chi connectivity index (χ2n) is 6.76. The summed E-state index contributed by atoms with van der Waals surface area (Å²) in [7, 11) is 0. The molecule has 0 unspecified atom stereocenters. The van der Waals surface area contributed by atoms with E-state index >= 15 is 0 Å². The molecule has 3 saturated carbocycles. The lowest BCUT2D eigenvalue weighted by molar-refractivity contribution is 0.0780. The first-order valence-corrected chi connectivity index (χ1v) is 6.75.